The number of amides is 1. The molecule has 5 aliphatic rings. The fraction of sp³-hybridized carbons (Fsp3) is 0.667. The Balaban J connectivity index is 1.43. The molecule has 1 amide bonds. The first-order valence-corrected chi connectivity index (χ1v) is 12.3. The van der Waals surface area contributed by atoms with E-state index in [1.165, 1.54) is 0 Å². The van der Waals surface area contributed by atoms with Crippen LogP contribution in [0.3, 0.4) is 0 Å². The second-order valence-corrected chi connectivity index (χ2v) is 10.5. The molecule has 0 unspecified atom stereocenters. The number of carbonyl (C=O) groups is 1. The summed E-state index contributed by atoms with van der Waals surface area (Å²) in [5.74, 6) is 0.682. The van der Waals surface area contributed by atoms with Gasteiger partial charge in [0.05, 0.1) is 29.7 Å². The van der Waals surface area contributed by atoms with Crippen molar-refractivity contribution in [1.29, 1.82) is 0 Å². The van der Waals surface area contributed by atoms with Gasteiger partial charge in [-0.2, -0.15) is 4.40 Å². The predicted octanol–water partition coefficient (Wildman–Crippen LogP) is 2.05. The van der Waals surface area contributed by atoms with Crippen molar-refractivity contribution in [2.75, 3.05) is 19.8 Å². The summed E-state index contributed by atoms with van der Waals surface area (Å²) in [6, 6.07) is 3.49. The quantitative estimate of drug-likeness (QED) is 0.708. The Bertz CT molecular complexity index is 951. The largest absolute Gasteiger partial charge is 0.467 e. The van der Waals surface area contributed by atoms with Crippen molar-refractivity contribution in [3.8, 4) is 5.88 Å². The van der Waals surface area contributed by atoms with E-state index in [1.54, 1.807) is 11.1 Å². The summed E-state index contributed by atoms with van der Waals surface area (Å²) in [6.45, 7) is 0.586. The molecule has 1 aromatic heterocycles. The van der Waals surface area contributed by atoms with Gasteiger partial charge in [-0.05, 0) is 50.5 Å². The van der Waals surface area contributed by atoms with Crippen LogP contribution in [0.15, 0.2) is 22.7 Å². The average molecular weight is 434 g/mol. The topological polar surface area (TPSA) is 98.2 Å². The van der Waals surface area contributed by atoms with Crippen LogP contribution in [0.4, 0.5) is 0 Å². The SMILES string of the molecule is O=C1COc2ncccc2C2CCC(CC2)OC[C@H]2/C(=N/S(=O)(=O)C3CC3)CCN12. The van der Waals surface area contributed by atoms with Crippen molar-refractivity contribution in [3.05, 3.63) is 23.9 Å². The van der Waals surface area contributed by atoms with E-state index in [1.807, 2.05) is 12.1 Å². The zero-order chi connectivity index (χ0) is 20.7. The summed E-state index contributed by atoms with van der Waals surface area (Å²) in [7, 11) is -3.49. The van der Waals surface area contributed by atoms with Crippen LogP contribution in [0.5, 0.6) is 5.88 Å². The van der Waals surface area contributed by atoms with E-state index in [2.05, 4.69) is 9.38 Å². The van der Waals surface area contributed by atoms with E-state index < -0.39 is 16.1 Å². The number of sulfonamides is 1. The molecule has 1 aromatic rings. The third kappa shape index (κ3) is 3.97. The normalized spacial score (nSPS) is 31.3. The highest BCUT2D eigenvalue weighted by atomic mass is 32.2. The Labute approximate surface area is 176 Å². The Hall–Kier alpha value is -2.00. The van der Waals surface area contributed by atoms with Gasteiger partial charge in [-0.15, -0.1) is 0 Å². The monoisotopic (exact) mass is 433 g/mol. The third-order valence-corrected chi connectivity index (χ3v) is 8.42. The lowest BCUT2D eigenvalue weighted by Crippen LogP contribution is -2.44. The lowest BCUT2D eigenvalue weighted by molar-refractivity contribution is -0.135. The van der Waals surface area contributed by atoms with Gasteiger partial charge in [0.25, 0.3) is 15.9 Å². The number of ether oxygens (including phenoxy) is 2. The zero-order valence-corrected chi connectivity index (χ0v) is 17.7. The Morgan fingerprint density at radius 1 is 1.13 bits per heavy atom. The van der Waals surface area contributed by atoms with E-state index in [0.717, 1.165) is 31.2 Å². The molecule has 0 spiro atoms. The highest BCUT2D eigenvalue weighted by Gasteiger charge is 2.40. The molecule has 1 saturated heterocycles. The van der Waals surface area contributed by atoms with Gasteiger partial charge in [-0.3, -0.25) is 4.79 Å². The highest BCUT2D eigenvalue weighted by molar-refractivity contribution is 7.91. The fourth-order valence-corrected chi connectivity index (χ4v) is 6.17. The molecule has 1 atom stereocenters. The van der Waals surface area contributed by atoms with Crippen LogP contribution in [0.1, 0.15) is 56.4 Å². The number of aromatic nitrogens is 1. The summed E-state index contributed by atoms with van der Waals surface area (Å²) in [6.07, 6.45) is 7.40. The predicted molar refractivity (Wildman–Crippen MR) is 110 cm³/mol. The van der Waals surface area contributed by atoms with Gasteiger partial charge in [0.15, 0.2) is 6.61 Å². The molecular formula is C21H27N3O5S. The van der Waals surface area contributed by atoms with Gasteiger partial charge >= 0.3 is 0 Å². The first-order valence-electron chi connectivity index (χ1n) is 10.8. The first-order chi connectivity index (χ1) is 14.5. The zero-order valence-electron chi connectivity index (χ0n) is 16.9. The van der Waals surface area contributed by atoms with Crippen molar-refractivity contribution in [2.45, 2.75) is 68.3 Å². The van der Waals surface area contributed by atoms with Crippen LogP contribution in [-0.2, 0) is 19.6 Å². The van der Waals surface area contributed by atoms with Gasteiger partial charge in [0.1, 0.15) is 0 Å². The fourth-order valence-electron chi connectivity index (χ4n) is 4.75. The van der Waals surface area contributed by atoms with Gasteiger partial charge < -0.3 is 14.4 Å². The van der Waals surface area contributed by atoms with Crippen molar-refractivity contribution in [3.63, 3.8) is 0 Å². The Morgan fingerprint density at radius 3 is 2.70 bits per heavy atom. The van der Waals surface area contributed by atoms with Crippen molar-refractivity contribution in [1.82, 2.24) is 9.88 Å². The molecule has 8 nitrogen and oxygen atoms in total. The molecule has 3 aliphatic heterocycles. The van der Waals surface area contributed by atoms with Crippen molar-refractivity contribution >= 4 is 21.6 Å². The van der Waals surface area contributed by atoms with Crippen molar-refractivity contribution < 1.29 is 22.7 Å². The second-order valence-electron chi connectivity index (χ2n) is 8.64. The smallest absolute Gasteiger partial charge is 0.261 e. The minimum Gasteiger partial charge on any atom is -0.467 e. The van der Waals surface area contributed by atoms with Gasteiger partial charge in [0, 0.05) is 24.7 Å². The molecule has 2 aliphatic carbocycles. The molecule has 3 fully saturated rings. The molecule has 2 saturated carbocycles. The van der Waals surface area contributed by atoms with Crippen LogP contribution in [0.25, 0.3) is 0 Å². The van der Waals surface area contributed by atoms with Crippen LogP contribution in [0, 0.1) is 0 Å². The maximum Gasteiger partial charge on any atom is 0.261 e. The van der Waals surface area contributed by atoms with E-state index in [4.69, 9.17) is 9.47 Å². The number of hydrogen-bond donors (Lipinski definition) is 0. The summed E-state index contributed by atoms with van der Waals surface area (Å²) < 4.78 is 41.0. The van der Waals surface area contributed by atoms with E-state index in [9.17, 15) is 13.2 Å². The standard InChI is InChI=1S/C21H27N3O5S/c25-20-13-29-21-17(2-1-10-22-21)14-3-5-15(6-4-14)28-12-19-18(9-11-24(19)20)23-30(26,27)16-7-8-16/h1-2,10,14-16,19H,3-9,11-13H2/b23-18+/t14?,15?,19-/m0/s1. The lowest BCUT2D eigenvalue weighted by atomic mass is 9.83. The van der Waals surface area contributed by atoms with Crippen LogP contribution < -0.4 is 4.74 Å². The molecule has 9 heteroatoms. The van der Waals surface area contributed by atoms with Crippen LogP contribution >= 0.6 is 0 Å². The third-order valence-electron chi connectivity index (χ3n) is 6.62. The summed E-state index contributed by atoms with van der Waals surface area (Å²) >= 11 is 0. The number of carbonyl (C=O) groups excluding carboxylic acids is 1. The molecule has 6 rings (SSSR count). The maximum atomic E-state index is 13.0. The second kappa shape index (κ2) is 7.92. The maximum absolute atomic E-state index is 13.0. The molecule has 4 heterocycles. The molecule has 2 bridgehead atoms. The average Bonchev–Trinajstić information content (AvgIpc) is 3.54. The summed E-state index contributed by atoms with van der Waals surface area (Å²) in [4.78, 5) is 19.0. The number of hydrogen-bond acceptors (Lipinski definition) is 6. The van der Waals surface area contributed by atoms with E-state index >= 15 is 0 Å². The number of fused-ring (bicyclic) bond motifs is 5. The Kier molecular flexibility index (Phi) is 5.26. The van der Waals surface area contributed by atoms with Gasteiger partial charge in [0.2, 0.25) is 5.88 Å². The minimum atomic E-state index is -3.49. The highest BCUT2D eigenvalue weighted by Crippen LogP contribution is 2.38. The molecule has 30 heavy (non-hydrogen) atoms. The number of nitrogens with zero attached hydrogens (tertiary/aromatic N) is 3. The molecule has 0 N–H and O–H groups in total. The number of rotatable bonds is 2. The molecular weight excluding hydrogens is 406 g/mol. The minimum absolute atomic E-state index is 0.113. The summed E-state index contributed by atoms with van der Waals surface area (Å²) in [5.41, 5.74) is 1.59. The first kappa shape index (κ1) is 19.9. The van der Waals surface area contributed by atoms with Crippen LogP contribution in [-0.4, -0.2) is 67.1 Å². The molecule has 0 radical (unpaired) electrons. The number of pyridine rings is 1. The summed E-state index contributed by atoms with van der Waals surface area (Å²) in [5, 5.41) is -0.355. The molecule has 162 valence electrons. The Morgan fingerprint density at radius 2 is 1.93 bits per heavy atom. The molecule has 0 aromatic carbocycles. The van der Waals surface area contributed by atoms with Crippen molar-refractivity contribution in [2.24, 2.45) is 4.40 Å². The van der Waals surface area contributed by atoms with Gasteiger partial charge in [-0.25, -0.2) is 13.4 Å². The van der Waals surface area contributed by atoms with Crippen LogP contribution in [0.2, 0.25) is 0 Å². The van der Waals surface area contributed by atoms with E-state index in [0.29, 0.717) is 43.3 Å². The lowest BCUT2D eigenvalue weighted by Gasteiger charge is -2.30. The van der Waals surface area contributed by atoms with Gasteiger partial charge in [-0.1, -0.05) is 6.07 Å². The van der Waals surface area contributed by atoms with E-state index in [-0.39, 0.29) is 30.5 Å².